The molecule has 2 aromatic rings. The number of para-hydroxylation sites is 3. The van der Waals surface area contributed by atoms with Gasteiger partial charge in [-0.3, -0.25) is 0 Å². The highest BCUT2D eigenvalue weighted by atomic mass is 19.4. The molecule has 2 aliphatic heterocycles. The maximum Gasteiger partial charge on any atom is 0.418 e. The average molecular weight is 435 g/mol. The monoisotopic (exact) mass is 434 g/mol. The van der Waals surface area contributed by atoms with Crippen LogP contribution in [0.4, 0.5) is 24.5 Å². The standard InChI is InChI=1S/C24H29F3N2O2/c1-22(2,18-8-6-7-17-11-14-31-21(17)18)15-23(30,24(25,26)27)16-29-13-12-28(3)19-9-4-5-10-20(19)29/h4-10,30H,11-16H2,1-3H3. The lowest BCUT2D eigenvalue weighted by Gasteiger charge is -2.44. The van der Waals surface area contributed by atoms with Gasteiger partial charge in [0.1, 0.15) is 5.75 Å². The summed E-state index contributed by atoms with van der Waals surface area (Å²) in [6.45, 7) is 4.52. The maximum absolute atomic E-state index is 14.3. The van der Waals surface area contributed by atoms with Gasteiger partial charge in [0.2, 0.25) is 0 Å². The van der Waals surface area contributed by atoms with Crippen molar-refractivity contribution < 1.29 is 23.0 Å². The van der Waals surface area contributed by atoms with E-state index in [1.807, 2.05) is 54.4 Å². The zero-order chi connectivity index (χ0) is 22.4. The molecule has 1 atom stereocenters. The third kappa shape index (κ3) is 3.95. The van der Waals surface area contributed by atoms with E-state index in [1.54, 1.807) is 18.7 Å². The summed E-state index contributed by atoms with van der Waals surface area (Å²) in [6.07, 6.45) is -4.49. The summed E-state index contributed by atoms with van der Waals surface area (Å²) in [7, 11) is 1.92. The van der Waals surface area contributed by atoms with Gasteiger partial charge >= 0.3 is 6.18 Å². The highest BCUT2D eigenvalue weighted by molar-refractivity contribution is 5.73. The van der Waals surface area contributed by atoms with Crippen molar-refractivity contribution in [2.75, 3.05) is 43.1 Å². The lowest BCUT2D eigenvalue weighted by atomic mass is 9.74. The molecule has 4 nitrogen and oxygen atoms in total. The third-order valence-electron chi connectivity index (χ3n) is 6.50. The first-order valence-electron chi connectivity index (χ1n) is 10.6. The number of anilines is 2. The van der Waals surface area contributed by atoms with Crippen molar-refractivity contribution in [1.82, 2.24) is 0 Å². The molecule has 1 unspecified atom stereocenters. The Labute approximate surface area is 181 Å². The van der Waals surface area contributed by atoms with Crippen LogP contribution in [-0.4, -0.2) is 50.2 Å². The largest absolute Gasteiger partial charge is 0.493 e. The van der Waals surface area contributed by atoms with E-state index < -0.39 is 30.2 Å². The topological polar surface area (TPSA) is 35.9 Å². The molecule has 4 rings (SSSR count). The number of halogens is 3. The van der Waals surface area contributed by atoms with Crippen molar-refractivity contribution in [2.45, 2.75) is 43.9 Å². The van der Waals surface area contributed by atoms with Crippen LogP contribution in [0.5, 0.6) is 5.75 Å². The summed E-state index contributed by atoms with van der Waals surface area (Å²) >= 11 is 0. The molecule has 2 heterocycles. The van der Waals surface area contributed by atoms with Gasteiger partial charge in [-0.15, -0.1) is 0 Å². The average Bonchev–Trinajstić information content (AvgIpc) is 3.18. The van der Waals surface area contributed by atoms with Crippen LogP contribution in [0.25, 0.3) is 0 Å². The number of hydrogen-bond acceptors (Lipinski definition) is 4. The van der Waals surface area contributed by atoms with E-state index in [-0.39, 0.29) is 0 Å². The number of alkyl halides is 3. The number of rotatable bonds is 5. The van der Waals surface area contributed by atoms with E-state index in [0.717, 1.165) is 17.7 Å². The van der Waals surface area contributed by atoms with E-state index in [1.165, 1.54) is 0 Å². The van der Waals surface area contributed by atoms with E-state index in [4.69, 9.17) is 4.74 Å². The number of likely N-dealkylation sites (N-methyl/N-ethyl adjacent to an activating group) is 1. The van der Waals surface area contributed by atoms with Crippen LogP contribution in [0.2, 0.25) is 0 Å². The smallest absolute Gasteiger partial charge is 0.418 e. The Morgan fingerprint density at radius 3 is 2.42 bits per heavy atom. The number of β-amino-alcohol motifs (C(OH)–C–C–N with tert-alkyl or cyclic N) is 1. The van der Waals surface area contributed by atoms with Crippen LogP contribution < -0.4 is 14.5 Å². The Morgan fingerprint density at radius 2 is 1.71 bits per heavy atom. The van der Waals surface area contributed by atoms with Gasteiger partial charge in [-0.1, -0.05) is 44.2 Å². The molecule has 0 radical (unpaired) electrons. The summed E-state index contributed by atoms with van der Waals surface area (Å²) in [5.74, 6) is 0.668. The molecule has 0 bridgehead atoms. The predicted molar refractivity (Wildman–Crippen MR) is 116 cm³/mol. The molecule has 0 aromatic heterocycles. The normalized spacial score (nSPS) is 18.3. The van der Waals surface area contributed by atoms with Gasteiger partial charge in [0, 0.05) is 32.1 Å². The molecule has 168 valence electrons. The Hall–Kier alpha value is -2.41. The van der Waals surface area contributed by atoms with Crippen molar-refractivity contribution in [3.63, 3.8) is 0 Å². The molecular weight excluding hydrogens is 405 g/mol. The van der Waals surface area contributed by atoms with Crippen LogP contribution >= 0.6 is 0 Å². The van der Waals surface area contributed by atoms with Crippen molar-refractivity contribution >= 4 is 11.4 Å². The SMILES string of the molecule is CN1CCN(CC(O)(CC(C)(C)c2cccc3c2OCC3)C(F)(F)F)c2ccccc21. The minimum Gasteiger partial charge on any atom is -0.493 e. The molecule has 2 aromatic carbocycles. The molecule has 0 amide bonds. The summed E-state index contributed by atoms with van der Waals surface area (Å²) in [6, 6.07) is 13.0. The summed E-state index contributed by atoms with van der Waals surface area (Å²) in [5.41, 5.74) is -0.516. The second-order valence-electron chi connectivity index (χ2n) is 9.31. The van der Waals surface area contributed by atoms with E-state index >= 15 is 0 Å². The van der Waals surface area contributed by atoms with E-state index in [0.29, 0.717) is 36.7 Å². The van der Waals surface area contributed by atoms with Crippen molar-refractivity contribution in [3.05, 3.63) is 53.6 Å². The van der Waals surface area contributed by atoms with Crippen molar-refractivity contribution in [2.24, 2.45) is 0 Å². The maximum atomic E-state index is 14.3. The number of ether oxygens (including phenoxy) is 1. The zero-order valence-electron chi connectivity index (χ0n) is 18.2. The van der Waals surface area contributed by atoms with Crippen LogP contribution in [0.15, 0.2) is 42.5 Å². The number of nitrogens with zero attached hydrogens (tertiary/aromatic N) is 2. The van der Waals surface area contributed by atoms with Gasteiger partial charge in [0.05, 0.1) is 24.5 Å². The van der Waals surface area contributed by atoms with Crippen LogP contribution in [0, 0.1) is 0 Å². The second kappa shape index (κ2) is 7.62. The third-order valence-corrected chi connectivity index (χ3v) is 6.50. The van der Waals surface area contributed by atoms with Crippen molar-refractivity contribution in [1.29, 1.82) is 0 Å². The molecule has 0 spiro atoms. The van der Waals surface area contributed by atoms with Gasteiger partial charge in [-0.05, 0) is 29.5 Å². The molecule has 0 saturated heterocycles. The first-order valence-corrected chi connectivity index (χ1v) is 10.6. The molecule has 0 fully saturated rings. The minimum atomic E-state index is -4.78. The number of hydrogen-bond donors (Lipinski definition) is 1. The Kier molecular flexibility index (Phi) is 5.36. The molecule has 0 aliphatic carbocycles. The Balaban J connectivity index is 1.67. The molecule has 31 heavy (non-hydrogen) atoms. The first-order chi connectivity index (χ1) is 14.5. The summed E-state index contributed by atoms with van der Waals surface area (Å²) in [4.78, 5) is 3.68. The fraction of sp³-hybridized carbons (Fsp3) is 0.500. The van der Waals surface area contributed by atoms with Gasteiger partial charge < -0.3 is 19.6 Å². The second-order valence-corrected chi connectivity index (χ2v) is 9.31. The summed E-state index contributed by atoms with van der Waals surface area (Å²) in [5, 5.41) is 11.1. The fourth-order valence-electron chi connectivity index (χ4n) is 4.87. The molecule has 2 aliphatic rings. The van der Waals surface area contributed by atoms with Gasteiger partial charge in [0.15, 0.2) is 5.60 Å². The van der Waals surface area contributed by atoms with Crippen LogP contribution in [-0.2, 0) is 11.8 Å². The van der Waals surface area contributed by atoms with Gasteiger partial charge in [0.25, 0.3) is 0 Å². The first kappa shape index (κ1) is 21.8. The number of benzene rings is 2. The van der Waals surface area contributed by atoms with Gasteiger partial charge in [-0.2, -0.15) is 13.2 Å². The Morgan fingerprint density at radius 1 is 1.00 bits per heavy atom. The molecule has 0 saturated carbocycles. The fourth-order valence-corrected chi connectivity index (χ4v) is 4.87. The lowest BCUT2D eigenvalue weighted by Crippen LogP contribution is -2.58. The predicted octanol–water partition coefficient (Wildman–Crippen LogP) is 4.54. The quantitative estimate of drug-likeness (QED) is 0.750. The molecule has 7 heteroatoms. The van der Waals surface area contributed by atoms with Gasteiger partial charge in [-0.25, -0.2) is 0 Å². The van der Waals surface area contributed by atoms with E-state index in [2.05, 4.69) is 0 Å². The number of fused-ring (bicyclic) bond motifs is 2. The lowest BCUT2D eigenvalue weighted by molar-refractivity contribution is -0.262. The highest BCUT2D eigenvalue weighted by Crippen LogP contribution is 2.46. The molecular formula is C24H29F3N2O2. The van der Waals surface area contributed by atoms with Crippen molar-refractivity contribution in [3.8, 4) is 5.75 Å². The minimum absolute atomic E-state index is 0.413. The number of aliphatic hydroxyl groups is 1. The molecule has 1 N–H and O–H groups in total. The van der Waals surface area contributed by atoms with Crippen LogP contribution in [0.1, 0.15) is 31.4 Å². The van der Waals surface area contributed by atoms with E-state index in [9.17, 15) is 18.3 Å². The Bertz CT molecular complexity index is 960. The summed E-state index contributed by atoms with van der Waals surface area (Å²) < 4.78 is 48.7. The van der Waals surface area contributed by atoms with Crippen LogP contribution in [0.3, 0.4) is 0 Å². The zero-order valence-corrected chi connectivity index (χ0v) is 18.2. The highest BCUT2D eigenvalue weighted by Gasteiger charge is 2.57.